The zero-order chi connectivity index (χ0) is 29.9. The van der Waals surface area contributed by atoms with E-state index >= 15 is 0 Å². The molecule has 0 radical (unpaired) electrons. The Labute approximate surface area is 240 Å². The van der Waals surface area contributed by atoms with Crippen molar-refractivity contribution < 1.29 is 46.5 Å². The predicted molar refractivity (Wildman–Crippen MR) is 149 cm³/mol. The van der Waals surface area contributed by atoms with Crippen LogP contribution in [0.25, 0.3) is 11.2 Å². The van der Waals surface area contributed by atoms with Gasteiger partial charge in [-0.15, -0.1) is 0 Å². The highest BCUT2D eigenvalue weighted by Gasteiger charge is 2.45. The molecule has 5 atom stereocenters. The van der Waals surface area contributed by atoms with Gasteiger partial charge in [-0.25, -0.2) is 19.1 Å². The number of nitrogens with zero attached hydrogens (tertiary/aromatic N) is 4. The molecule has 2 heterocycles. The zero-order valence-corrected chi connectivity index (χ0v) is 24.3. The summed E-state index contributed by atoms with van der Waals surface area (Å²) < 4.78 is 58.4. The molecule has 0 bridgehead atoms. The quantitative estimate of drug-likeness (QED) is 0.181. The second-order valence-corrected chi connectivity index (χ2v) is 12.1. The minimum Gasteiger partial charge on any atom is -0.497 e. The molecule has 17 heteroatoms. The van der Waals surface area contributed by atoms with Crippen molar-refractivity contribution in [3.63, 3.8) is 0 Å². The summed E-state index contributed by atoms with van der Waals surface area (Å²) in [6.07, 6.45) is 3.49. The fraction of sp³-hybridized carbons (Fsp3) is 0.320. The smallest absolute Gasteiger partial charge is 0.497 e. The molecule has 2 aromatic carbocycles. The zero-order valence-electron chi connectivity index (χ0n) is 22.5. The van der Waals surface area contributed by atoms with Crippen LogP contribution in [0.4, 0.5) is 5.95 Å². The predicted octanol–water partition coefficient (Wildman–Crippen LogP) is 3.99. The molecule has 224 valence electrons. The van der Waals surface area contributed by atoms with Gasteiger partial charge < -0.3 is 28.8 Å². The summed E-state index contributed by atoms with van der Waals surface area (Å²) in [7, 11) is -6.06. The lowest BCUT2D eigenvalue weighted by atomic mass is 9.70. The van der Waals surface area contributed by atoms with Gasteiger partial charge in [-0.3, -0.25) is 18.8 Å². The Morgan fingerprint density at radius 3 is 1.93 bits per heavy atom. The lowest BCUT2D eigenvalue weighted by Gasteiger charge is -2.45. The molecule has 1 fully saturated rings. The number of benzene rings is 2. The number of hydrogen-bond acceptors (Lipinski definition) is 12. The Morgan fingerprint density at radius 2 is 1.38 bits per heavy atom. The second kappa shape index (κ2) is 12.3. The van der Waals surface area contributed by atoms with E-state index in [1.807, 2.05) is 0 Å². The van der Waals surface area contributed by atoms with Gasteiger partial charge in [0.15, 0.2) is 5.65 Å². The molecule has 4 aromatic rings. The number of nitrogen functional groups attached to an aromatic ring is 1. The highest BCUT2D eigenvalue weighted by molar-refractivity contribution is 7.48. The maximum absolute atomic E-state index is 12.8. The first kappa shape index (κ1) is 29.8. The van der Waals surface area contributed by atoms with E-state index in [0.29, 0.717) is 29.1 Å². The van der Waals surface area contributed by atoms with Crippen LogP contribution in [0.15, 0.2) is 61.1 Å². The van der Waals surface area contributed by atoms with Gasteiger partial charge in [-0.2, -0.15) is 4.98 Å². The van der Waals surface area contributed by atoms with Crippen molar-refractivity contribution in [2.45, 2.75) is 12.5 Å². The van der Waals surface area contributed by atoms with Crippen LogP contribution in [0.2, 0.25) is 0 Å². The van der Waals surface area contributed by atoms with Crippen molar-refractivity contribution in [3.8, 4) is 23.0 Å². The number of aromatic nitrogens is 4. The Bertz CT molecular complexity index is 1620. The van der Waals surface area contributed by atoms with Crippen LogP contribution in [0.3, 0.4) is 0 Å². The largest absolute Gasteiger partial charge is 0.527 e. The van der Waals surface area contributed by atoms with Crippen LogP contribution < -0.4 is 24.3 Å². The van der Waals surface area contributed by atoms with Crippen molar-refractivity contribution in [2.24, 2.45) is 11.8 Å². The molecular formula is C25H29N5O10P2. The maximum Gasteiger partial charge on any atom is 0.527 e. The number of imidazole rings is 1. The number of fused-ring (bicyclic) bond motifs is 1. The molecule has 1 aliphatic rings. The molecule has 0 amide bonds. The molecule has 1 aliphatic carbocycles. The van der Waals surface area contributed by atoms with E-state index in [0.717, 1.165) is 0 Å². The van der Waals surface area contributed by atoms with Crippen molar-refractivity contribution in [2.75, 3.05) is 33.2 Å². The molecule has 2 aromatic heterocycles. The Morgan fingerprint density at radius 1 is 0.857 bits per heavy atom. The summed E-state index contributed by atoms with van der Waals surface area (Å²) >= 11 is 0. The number of rotatable bonds is 13. The number of nitrogens with two attached hydrogens (primary N) is 1. The third-order valence-corrected chi connectivity index (χ3v) is 8.61. The van der Waals surface area contributed by atoms with Gasteiger partial charge in [0.2, 0.25) is 5.95 Å². The Balaban J connectivity index is 1.28. The molecule has 0 aliphatic heterocycles. The standard InChI is InChI=1S/C25H29N5O10P2/c1-35-17-3-7-19(8-4-17)39-41(31,32)37-13-16-11-23(30-15-28-22-12-27-25(26)29-24(22)30)21(16)14-38-42(33,34)40-20-9-5-18(36-2)6-10-20/h3-10,12,15-16,21,23H,11,13-14H2,1-2H3,(H,31,32)(H,33,34)(H2,26,27,29)/t16-,21-,23-/m1/s1. The van der Waals surface area contributed by atoms with Gasteiger partial charge in [0.05, 0.1) is 40.0 Å². The van der Waals surface area contributed by atoms with E-state index in [4.69, 9.17) is 33.3 Å². The first-order valence-corrected chi connectivity index (χ1v) is 15.6. The van der Waals surface area contributed by atoms with E-state index in [1.54, 1.807) is 35.2 Å². The van der Waals surface area contributed by atoms with Crippen LogP contribution >= 0.6 is 15.6 Å². The van der Waals surface area contributed by atoms with Crippen LogP contribution in [0, 0.1) is 11.8 Å². The summed E-state index contributed by atoms with van der Waals surface area (Å²) in [6.45, 7) is -0.453. The van der Waals surface area contributed by atoms with E-state index in [2.05, 4.69) is 15.0 Å². The summed E-state index contributed by atoms with van der Waals surface area (Å²) in [6, 6.07) is 11.9. The number of anilines is 1. The fourth-order valence-electron chi connectivity index (χ4n) is 4.58. The third kappa shape index (κ3) is 7.01. The van der Waals surface area contributed by atoms with E-state index < -0.39 is 21.6 Å². The first-order chi connectivity index (χ1) is 20.1. The molecule has 0 saturated heterocycles. The number of methoxy groups -OCH3 is 2. The van der Waals surface area contributed by atoms with E-state index in [-0.39, 0.29) is 42.6 Å². The van der Waals surface area contributed by atoms with Gasteiger partial charge in [-0.1, -0.05) is 0 Å². The summed E-state index contributed by atoms with van der Waals surface area (Å²) in [4.78, 5) is 33.3. The first-order valence-electron chi connectivity index (χ1n) is 12.6. The van der Waals surface area contributed by atoms with Gasteiger partial charge in [-0.05, 0) is 60.9 Å². The molecule has 0 spiro atoms. The van der Waals surface area contributed by atoms with Crippen molar-refractivity contribution in [3.05, 3.63) is 61.1 Å². The van der Waals surface area contributed by atoms with E-state index in [1.165, 1.54) is 44.7 Å². The minimum absolute atomic E-state index is 0.0564. The second-order valence-electron chi connectivity index (χ2n) is 9.38. The highest BCUT2D eigenvalue weighted by atomic mass is 31.2. The van der Waals surface area contributed by atoms with Crippen molar-refractivity contribution in [1.82, 2.24) is 19.5 Å². The molecule has 2 unspecified atom stereocenters. The monoisotopic (exact) mass is 621 g/mol. The molecule has 1 saturated carbocycles. The van der Waals surface area contributed by atoms with Gasteiger partial charge >= 0.3 is 15.6 Å². The van der Waals surface area contributed by atoms with E-state index in [9.17, 15) is 18.9 Å². The number of hydrogen-bond donors (Lipinski definition) is 3. The minimum atomic E-state index is -4.55. The highest BCUT2D eigenvalue weighted by Crippen LogP contribution is 2.52. The van der Waals surface area contributed by atoms with Crippen LogP contribution in [-0.2, 0) is 18.2 Å². The summed E-state index contributed by atoms with van der Waals surface area (Å²) in [5, 5.41) is 0. The normalized spacial score (nSPS) is 21.1. The van der Waals surface area contributed by atoms with Gasteiger partial charge in [0.25, 0.3) is 0 Å². The van der Waals surface area contributed by atoms with Gasteiger partial charge in [0.1, 0.15) is 28.5 Å². The maximum atomic E-state index is 12.8. The lowest BCUT2D eigenvalue weighted by Crippen LogP contribution is -2.43. The Kier molecular flexibility index (Phi) is 8.69. The average Bonchev–Trinajstić information content (AvgIpc) is 3.35. The summed E-state index contributed by atoms with van der Waals surface area (Å²) in [5.74, 6) is 0.539. The van der Waals surface area contributed by atoms with Crippen molar-refractivity contribution in [1.29, 1.82) is 0 Å². The number of phosphoric ester groups is 2. The van der Waals surface area contributed by atoms with Crippen LogP contribution in [0.5, 0.6) is 23.0 Å². The molecule has 5 rings (SSSR count). The van der Waals surface area contributed by atoms with Crippen molar-refractivity contribution >= 4 is 32.8 Å². The number of ether oxygens (including phenoxy) is 2. The van der Waals surface area contributed by atoms with Gasteiger partial charge in [0, 0.05) is 12.0 Å². The fourth-order valence-corrected chi connectivity index (χ4v) is 6.20. The SMILES string of the molecule is COc1ccc(OP(=O)(O)OC[C@H]2C[C@@H](n3cnc4cnc(N)nc43)[C@@H]2COP(=O)(O)Oc2ccc(OC)cc2)cc1. The topological polar surface area (TPSA) is 200 Å². The number of phosphoric acid groups is 2. The lowest BCUT2D eigenvalue weighted by molar-refractivity contribution is -0.00444. The van der Waals surface area contributed by atoms with Crippen LogP contribution in [-0.4, -0.2) is 56.7 Å². The van der Waals surface area contributed by atoms with Crippen LogP contribution in [0.1, 0.15) is 12.5 Å². The average molecular weight is 621 g/mol. The Hall–Kier alpha value is -3.71. The molecular weight excluding hydrogens is 592 g/mol. The summed E-state index contributed by atoms with van der Waals surface area (Å²) in [5.41, 5.74) is 6.75. The molecule has 4 N–H and O–H groups in total. The molecule has 15 nitrogen and oxygen atoms in total. The third-order valence-electron chi connectivity index (χ3n) is 6.78. The molecule has 42 heavy (non-hydrogen) atoms.